The van der Waals surface area contributed by atoms with Crippen molar-refractivity contribution in [1.82, 2.24) is 5.32 Å². The highest BCUT2D eigenvalue weighted by Crippen LogP contribution is 2.22. The Bertz CT molecular complexity index is 1080. The first-order valence-corrected chi connectivity index (χ1v) is 13.6. The Morgan fingerprint density at radius 2 is 1.42 bits per heavy atom. The second-order valence-electron chi connectivity index (χ2n) is 11.5. The molecule has 7 heteroatoms. The van der Waals surface area contributed by atoms with Gasteiger partial charge >= 0.3 is 6.03 Å². The first kappa shape index (κ1) is 30.9. The molecule has 3 amide bonds. The number of anilines is 3. The van der Waals surface area contributed by atoms with E-state index >= 15 is 0 Å². The Labute approximate surface area is 228 Å². The van der Waals surface area contributed by atoms with Crippen molar-refractivity contribution in [2.24, 2.45) is 17.8 Å². The van der Waals surface area contributed by atoms with Crippen molar-refractivity contribution in [2.45, 2.75) is 86.2 Å². The smallest absolute Gasteiger partial charge is 0.323 e. The molecule has 0 aliphatic rings. The number of para-hydroxylation sites is 1. The fraction of sp³-hybridized carbons (Fsp3) is 0.516. The fourth-order valence-corrected chi connectivity index (χ4v) is 4.05. The topological polar surface area (TPSA) is 99.3 Å². The van der Waals surface area contributed by atoms with Crippen LogP contribution in [-0.2, 0) is 9.59 Å². The van der Waals surface area contributed by atoms with Crippen molar-refractivity contribution in [3.63, 3.8) is 0 Å². The molecule has 38 heavy (non-hydrogen) atoms. The van der Waals surface area contributed by atoms with E-state index in [9.17, 15) is 14.4 Å². The molecule has 7 nitrogen and oxygen atoms in total. The van der Waals surface area contributed by atoms with Crippen molar-refractivity contribution < 1.29 is 14.4 Å². The van der Waals surface area contributed by atoms with Crippen molar-refractivity contribution in [1.29, 1.82) is 0 Å². The number of rotatable bonds is 13. The highest BCUT2D eigenvalue weighted by Gasteiger charge is 2.30. The SMILES string of the molecule is Cc1ccccc1NC(=O)Nc1ccc(NC(C)(C)C(=O)CC(C)C(=O)N[C@@H](C)C(C)CCC(C)C)cc1. The van der Waals surface area contributed by atoms with Crippen LogP contribution in [0.1, 0.15) is 73.3 Å². The van der Waals surface area contributed by atoms with E-state index in [1.54, 1.807) is 19.1 Å². The molecule has 0 aliphatic heterocycles. The summed E-state index contributed by atoms with van der Waals surface area (Å²) in [6, 6.07) is 14.5. The Hall–Kier alpha value is -3.35. The van der Waals surface area contributed by atoms with Gasteiger partial charge in [0.25, 0.3) is 0 Å². The summed E-state index contributed by atoms with van der Waals surface area (Å²) >= 11 is 0. The van der Waals surface area contributed by atoms with E-state index in [0.717, 1.165) is 29.8 Å². The molecule has 3 atom stereocenters. The van der Waals surface area contributed by atoms with Crippen LogP contribution in [-0.4, -0.2) is 29.3 Å². The van der Waals surface area contributed by atoms with Crippen LogP contribution in [0.5, 0.6) is 0 Å². The van der Waals surface area contributed by atoms with Crippen LogP contribution >= 0.6 is 0 Å². The molecular weight excluding hydrogens is 476 g/mol. The highest BCUT2D eigenvalue weighted by atomic mass is 16.2. The molecule has 2 unspecified atom stereocenters. The first-order valence-electron chi connectivity index (χ1n) is 13.6. The predicted molar refractivity (Wildman–Crippen MR) is 158 cm³/mol. The third-order valence-corrected chi connectivity index (χ3v) is 7.05. The summed E-state index contributed by atoms with van der Waals surface area (Å²) < 4.78 is 0. The number of amides is 3. The molecule has 0 bridgehead atoms. The lowest BCUT2D eigenvalue weighted by Crippen LogP contribution is -2.44. The summed E-state index contributed by atoms with van der Waals surface area (Å²) in [7, 11) is 0. The van der Waals surface area contributed by atoms with E-state index < -0.39 is 11.5 Å². The first-order chi connectivity index (χ1) is 17.8. The molecule has 4 N–H and O–H groups in total. The van der Waals surface area contributed by atoms with Gasteiger partial charge in [0.1, 0.15) is 0 Å². The zero-order valence-electron chi connectivity index (χ0n) is 24.3. The molecule has 0 spiro atoms. The summed E-state index contributed by atoms with van der Waals surface area (Å²) in [5, 5.41) is 12.0. The van der Waals surface area contributed by atoms with Gasteiger partial charge in [0.05, 0.1) is 5.54 Å². The number of Topliss-reactive ketones (excluding diaryl/α,β-unsaturated/α-hetero) is 1. The van der Waals surface area contributed by atoms with Crippen molar-refractivity contribution >= 4 is 34.8 Å². The number of nitrogens with one attached hydrogen (secondary N) is 4. The van der Waals surface area contributed by atoms with Gasteiger partial charge in [0.2, 0.25) is 5.91 Å². The zero-order chi connectivity index (χ0) is 28.5. The maximum atomic E-state index is 13.1. The third-order valence-electron chi connectivity index (χ3n) is 7.05. The lowest BCUT2D eigenvalue weighted by Gasteiger charge is -2.28. The fourth-order valence-electron chi connectivity index (χ4n) is 4.05. The number of hydrogen-bond donors (Lipinski definition) is 4. The molecule has 0 aliphatic carbocycles. The summed E-state index contributed by atoms with van der Waals surface area (Å²) in [5.74, 6) is 0.482. The van der Waals surface area contributed by atoms with E-state index in [-0.39, 0.29) is 30.2 Å². The molecule has 0 aromatic heterocycles. The summed E-state index contributed by atoms with van der Waals surface area (Å²) in [5.41, 5.74) is 2.25. The number of aryl methyl sites for hydroxylation is 1. The van der Waals surface area contributed by atoms with E-state index in [2.05, 4.69) is 42.0 Å². The Morgan fingerprint density at radius 3 is 2.03 bits per heavy atom. The number of carbonyl (C=O) groups is 3. The third kappa shape index (κ3) is 9.84. The van der Waals surface area contributed by atoms with E-state index in [0.29, 0.717) is 17.5 Å². The lowest BCUT2D eigenvalue weighted by molar-refractivity contribution is -0.130. The number of benzene rings is 2. The number of urea groups is 1. The van der Waals surface area contributed by atoms with Crippen LogP contribution in [0.2, 0.25) is 0 Å². The monoisotopic (exact) mass is 522 g/mol. The average Bonchev–Trinajstić information content (AvgIpc) is 2.84. The van der Waals surface area contributed by atoms with Gasteiger partial charge in [0, 0.05) is 35.4 Å². The number of ketones is 1. The zero-order valence-corrected chi connectivity index (χ0v) is 24.3. The molecule has 0 saturated heterocycles. The van der Waals surface area contributed by atoms with Gasteiger partial charge < -0.3 is 21.3 Å². The van der Waals surface area contributed by atoms with E-state index in [1.807, 2.05) is 64.1 Å². The quantitative estimate of drug-likeness (QED) is 0.227. The molecule has 0 radical (unpaired) electrons. The van der Waals surface area contributed by atoms with Gasteiger partial charge in [-0.15, -0.1) is 0 Å². The van der Waals surface area contributed by atoms with Crippen molar-refractivity contribution in [2.75, 3.05) is 16.0 Å². The lowest BCUT2D eigenvalue weighted by atomic mass is 9.90. The largest absolute Gasteiger partial charge is 0.373 e. The van der Waals surface area contributed by atoms with Crippen molar-refractivity contribution in [3.8, 4) is 0 Å². The Kier molecular flexibility index (Phi) is 11.4. The van der Waals surface area contributed by atoms with Crippen LogP contribution in [0, 0.1) is 24.7 Å². The Morgan fingerprint density at radius 1 is 0.816 bits per heavy atom. The van der Waals surface area contributed by atoms with Crippen LogP contribution in [0.25, 0.3) is 0 Å². The summed E-state index contributed by atoms with van der Waals surface area (Å²) in [6.45, 7) is 16.0. The standard InChI is InChI=1S/C31H46N4O3/c1-20(2)13-14-21(3)24(6)32-29(37)23(5)19-28(36)31(7,8)35-26-17-15-25(16-18-26)33-30(38)34-27-12-10-9-11-22(27)4/h9-12,15-18,20-21,23-24,35H,13-14,19H2,1-8H3,(H,32,37)(H2,33,34,38)/t21?,23?,24-/m0/s1. The van der Waals surface area contributed by atoms with Gasteiger partial charge in [-0.25, -0.2) is 4.79 Å². The van der Waals surface area contributed by atoms with Gasteiger partial charge in [0.15, 0.2) is 5.78 Å². The second kappa shape index (κ2) is 14.0. The number of hydrogen-bond acceptors (Lipinski definition) is 4. The summed E-state index contributed by atoms with van der Waals surface area (Å²) in [4.78, 5) is 38.2. The maximum Gasteiger partial charge on any atom is 0.323 e. The maximum absolute atomic E-state index is 13.1. The highest BCUT2D eigenvalue weighted by molar-refractivity contribution is 6.00. The average molecular weight is 523 g/mol. The molecule has 0 saturated carbocycles. The van der Waals surface area contributed by atoms with Gasteiger partial charge in [-0.3, -0.25) is 9.59 Å². The van der Waals surface area contributed by atoms with E-state index in [4.69, 9.17) is 0 Å². The van der Waals surface area contributed by atoms with E-state index in [1.165, 1.54) is 0 Å². The molecule has 0 heterocycles. The van der Waals surface area contributed by atoms with Crippen LogP contribution in [0.4, 0.5) is 21.9 Å². The minimum atomic E-state index is -0.859. The molecule has 0 fully saturated rings. The molecule has 2 aromatic rings. The van der Waals surface area contributed by atoms with Crippen LogP contribution in [0.3, 0.4) is 0 Å². The minimum Gasteiger partial charge on any atom is -0.373 e. The molecule has 208 valence electrons. The number of carbonyl (C=O) groups excluding carboxylic acids is 3. The molecule has 2 rings (SSSR count). The van der Waals surface area contributed by atoms with Gasteiger partial charge in [-0.05, 0) is 81.8 Å². The minimum absolute atomic E-state index is 0.0412. The second-order valence-corrected chi connectivity index (χ2v) is 11.5. The van der Waals surface area contributed by atoms with Gasteiger partial charge in [-0.1, -0.05) is 52.3 Å². The van der Waals surface area contributed by atoms with Gasteiger partial charge in [-0.2, -0.15) is 0 Å². The predicted octanol–water partition coefficient (Wildman–Crippen LogP) is 7.00. The normalized spacial score (nSPS) is 13.8. The van der Waals surface area contributed by atoms with Crippen LogP contribution < -0.4 is 21.3 Å². The summed E-state index contributed by atoms with van der Waals surface area (Å²) in [6.07, 6.45) is 2.35. The van der Waals surface area contributed by atoms with Crippen molar-refractivity contribution in [3.05, 3.63) is 54.1 Å². The molecule has 2 aromatic carbocycles. The molecular formula is C31H46N4O3. The van der Waals surface area contributed by atoms with Crippen LogP contribution in [0.15, 0.2) is 48.5 Å². The Balaban J connectivity index is 1.87.